The normalized spacial score (nSPS) is 10.5. The fourth-order valence-electron chi connectivity index (χ4n) is 1.82. The maximum atomic E-state index is 5.75. The second-order valence-corrected chi connectivity index (χ2v) is 5.87. The number of hydrogen-bond acceptors (Lipinski definition) is 2. The third-order valence-corrected chi connectivity index (χ3v) is 3.55. The molecule has 1 heterocycles. The number of nitrogens with one attached hydrogen (secondary N) is 2. The Morgan fingerprint density at radius 3 is 2.48 bits per heavy atom. The first-order chi connectivity index (χ1) is 10.0. The standard InChI is InChI=1S/C16H18ClN3S/c1-11(2)13-4-6-14(7-5-13)20-16(21)19-10-12-3-8-15(17)18-9-12/h3-9,11H,10H2,1-2H3,(H2,19,20,21). The lowest BCUT2D eigenvalue weighted by atomic mass is 10.0. The molecule has 2 rings (SSSR count). The molecule has 21 heavy (non-hydrogen) atoms. The summed E-state index contributed by atoms with van der Waals surface area (Å²) in [6, 6.07) is 12.0. The number of nitrogens with zero attached hydrogens (tertiary/aromatic N) is 1. The number of rotatable bonds is 4. The van der Waals surface area contributed by atoms with Crippen molar-refractivity contribution in [3.63, 3.8) is 0 Å². The Kier molecular flexibility index (Phi) is 5.53. The van der Waals surface area contributed by atoms with Gasteiger partial charge in [-0.15, -0.1) is 0 Å². The molecule has 2 N–H and O–H groups in total. The zero-order chi connectivity index (χ0) is 15.2. The van der Waals surface area contributed by atoms with Gasteiger partial charge in [0.1, 0.15) is 5.15 Å². The molecule has 1 aromatic heterocycles. The molecule has 0 aliphatic carbocycles. The van der Waals surface area contributed by atoms with Gasteiger partial charge in [0.2, 0.25) is 0 Å². The quantitative estimate of drug-likeness (QED) is 0.649. The van der Waals surface area contributed by atoms with Crippen molar-refractivity contribution in [1.82, 2.24) is 10.3 Å². The highest BCUT2D eigenvalue weighted by Gasteiger charge is 2.01. The highest BCUT2D eigenvalue weighted by Crippen LogP contribution is 2.17. The first kappa shape index (κ1) is 15.7. The minimum absolute atomic E-state index is 0.490. The molecule has 0 amide bonds. The van der Waals surface area contributed by atoms with Crippen LogP contribution in [0.3, 0.4) is 0 Å². The van der Waals surface area contributed by atoms with Crippen molar-refractivity contribution in [3.8, 4) is 0 Å². The van der Waals surface area contributed by atoms with Crippen molar-refractivity contribution in [1.29, 1.82) is 0 Å². The average molecular weight is 320 g/mol. The molecular formula is C16H18ClN3S. The molecule has 0 aliphatic heterocycles. The van der Waals surface area contributed by atoms with Gasteiger partial charge in [-0.1, -0.05) is 43.6 Å². The summed E-state index contributed by atoms with van der Waals surface area (Å²) < 4.78 is 0. The second kappa shape index (κ2) is 7.38. The molecule has 110 valence electrons. The molecule has 0 spiro atoms. The lowest BCUT2D eigenvalue weighted by molar-refractivity contribution is 0.867. The monoisotopic (exact) mass is 319 g/mol. The second-order valence-electron chi connectivity index (χ2n) is 5.07. The highest BCUT2D eigenvalue weighted by atomic mass is 35.5. The summed E-state index contributed by atoms with van der Waals surface area (Å²) in [6.07, 6.45) is 1.73. The number of aromatic nitrogens is 1. The lowest BCUT2D eigenvalue weighted by Gasteiger charge is -2.12. The van der Waals surface area contributed by atoms with Crippen LogP contribution in [0, 0.1) is 0 Å². The van der Waals surface area contributed by atoms with Crippen molar-refractivity contribution in [3.05, 3.63) is 58.9 Å². The fraction of sp³-hybridized carbons (Fsp3) is 0.250. The molecule has 0 aliphatic rings. The minimum atomic E-state index is 0.490. The molecule has 5 heteroatoms. The summed E-state index contributed by atoms with van der Waals surface area (Å²) in [5, 5.41) is 7.38. The van der Waals surface area contributed by atoms with Crippen LogP contribution in [0.5, 0.6) is 0 Å². The first-order valence-corrected chi connectivity index (χ1v) is 7.58. The number of benzene rings is 1. The molecular weight excluding hydrogens is 302 g/mol. The van der Waals surface area contributed by atoms with Crippen LogP contribution in [-0.4, -0.2) is 10.1 Å². The lowest BCUT2D eigenvalue weighted by Crippen LogP contribution is -2.27. The van der Waals surface area contributed by atoms with Gasteiger partial charge >= 0.3 is 0 Å². The number of anilines is 1. The van der Waals surface area contributed by atoms with Crippen LogP contribution in [0.4, 0.5) is 5.69 Å². The molecule has 0 radical (unpaired) electrons. The van der Waals surface area contributed by atoms with E-state index >= 15 is 0 Å². The molecule has 0 saturated heterocycles. The van der Waals surface area contributed by atoms with Gasteiger partial charge < -0.3 is 10.6 Å². The van der Waals surface area contributed by atoms with Crippen LogP contribution in [0.25, 0.3) is 0 Å². The SMILES string of the molecule is CC(C)c1ccc(NC(=S)NCc2ccc(Cl)nc2)cc1. The molecule has 0 unspecified atom stereocenters. The summed E-state index contributed by atoms with van der Waals surface area (Å²) in [6.45, 7) is 4.96. The van der Waals surface area contributed by atoms with Gasteiger partial charge in [-0.25, -0.2) is 4.98 Å². The van der Waals surface area contributed by atoms with Crippen molar-refractivity contribution in [2.24, 2.45) is 0 Å². The Bertz CT molecular complexity index is 594. The van der Waals surface area contributed by atoms with Gasteiger partial charge in [0, 0.05) is 18.4 Å². The largest absolute Gasteiger partial charge is 0.358 e. The Morgan fingerprint density at radius 2 is 1.90 bits per heavy atom. The molecule has 0 atom stereocenters. The molecule has 1 aromatic carbocycles. The summed E-state index contributed by atoms with van der Waals surface area (Å²) in [7, 11) is 0. The van der Waals surface area contributed by atoms with Gasteiger partial charge in [-0.2, -0.15) is 0 Å². The van der Waals surface area contributed by atoms with Crippen molar-refractivity contribution < 1.29 is 0 Å². The van der Waals surface area contributed by atoms with E-state index in [9.17, 15) is 0 Å². The van der Waals surface area contributed by atoms with Gasteiger partial charge in [0.25, 0.3) is 0 Å². The number of pyridine rings is 1. The van der Waals surface area contributed by atoms with E-state index in [-0.39, 0.29) is 0 Å². The highest BCUT2D eigenvalue weighted by molar-refractivity contribution is 7.80. The van der Waals surface area contributed by atoms with E-state index in [4.69, 9.17) is 23.8 Å². The van der Waals surface area contributed by atoms with Crippen molar-refractivity contribution >= 4 is 34.6 Å². The van der Waals surface area contributed by atoms with E-state index in [1.807, 2.05) is 18.2 Å². The summed E-state index contributed by atoms with van der Waals surface area (Å²) in [5.41, 5.74) is 3.32. The fourth-order valence-corrected chi connectivity index (χ4v) is 2.12. The Balaban J connectivity index is 1.85. The van der Waals surface area contributed by atoms with Crippen LogP contribution >= 0.6 is 23.8 Å². The summed E-state index contributed by atoms with van der Waals surface area (Å²) in [4.78, 5) is 4.03. The zero-order valence-electron chi connectivity index (χ0n) is 12.1. The van der Waals surface area contributed by atoms with Crippen molar-refractivity contribution in [2.45, 2.75) is 26.3 Å². The molecule has 0 fully saturated rings. The van der Waals surface area contributed by atoms with Crippen LogP contribution in [-0.2, 0) is 6.54 Å². The average Bonchev–Trinajstić information content (AvgIpc) is 2.47. The van der Waals surface area contributed by atoms with E-state index in [2.05, 4.69) is 41.6 Å². The van der Waals surface area contributed by atoms with Crippen LogP contribution in [0.2, 0.25) is 5.15 Å². The van der Waals surface area contributed by atoms with Crippen molar-refractivity contribution in [2.75, 3.05) is 5.32 Å². The van der Waals surface area contributed by atoms with Crippen LogP contribution < -0.4 is 10.6 Å². The maximum Gasteiger partial charge on any atom is 0.171 e. The number of hydrogen-bond donors (Lipinski definition) is 2. The molecule has 0 bridgehead atoms. The number of thiocarbonyl (C=S) groups is 1. The van der Waals surface area contributed by atoms with Gasteiger partial charge in [0.15, 0.2) is 5.11 Å². The molecule has 0 saturated carbocycles. The topological polar surface area (TPSA) is 37.0 Å². The molecule has 3 nitrogen and oxygen atoms in total. The summed E-state index contributed by atoms with van der Waals surface area (Å²) >= 11 is 11.0. The Morgan fingerprint density at radius 1 is 1.19 bits per heavy atom. The maximum absolute atomic E-state index is 5.75. The van der Waals surface area contributed by atoms with E-state index in [0.29, 0.717) is 22.7 Å². The number of halogens is 1. The van der Waals surface area contributed by atoms with Crippen LogP contribution in [0.1, 0.15) is 30.9 Å². The molecule has 2 aromatic rings. The first-order valence-electron chi connectivity index (χ1n) is 6.80. The van der Waals surface area contributed by atoms with Gasteiger partial charge in [-0.05, 0) is 47.5 Å². The Labute approximate surface area is 135 Å². The summed E-state index contributed by atoms with van der Waals surface area (Å²) in [5.74, 6) is 0.529. The van der Waals surface area contributed by atoms with E-state index < -0.39 is 0 Å². The minimum Gasteiger partial charge on any atom is -0.358 e. The third kappa shape index (κ3) is 4.99. The van der Waals surface area contributed by atoms with E-state index in [0.717, 1.165) is 11.3 Å². The predicted molar refractivity (Wildman–Crippen MR) is 92.8 cm³/mol. The smallest absolute Gasteiger partial charge is 0.171 e. The predicted octanol–water partition coefficient (Wildman–Crippen LogP) is 4.35. The third-order valence-electron chi connectivity index (χ3n) is 3.08. The van der Waals surface area contributed by atoms with Gasteiger partial charge in [-0.3, -0.25) is 0 Å². The van der Waals surface area contributed by atoms with E-state index in [1.165, 1.54) is 5.56 Å². The van der Waals surface area contributed by atoms with Gasteiger partial charge in [0.05, 0.1) is 0 Å². The zero-order valence-corrected chi connectivity index (χ0v) is 13.6. The van der Waals surface area contributed by atoms with Crippen LogP contribution in [0.15, 0.2) is 42.6 Å². The Hall–Kier alpha value is -1.65. The van der Waals surface area contributed by atoms with E-state index in [1.54, 1.807) is 12.3 Å².